The van der Waals surface area contributed by atoms with Crippen LogP contribution < -0.4 is 5.32 Å². The van der Waals surface area contributed by atoms with Crippen molar-refractivity contribution < 1.29 is 9.59 Å². The Kier molecular flexibility index (Phi) is 4.69. The Hall–Kier alpha value is -0.860. The van der Waals surface area contributed by atoms with Crippen LogP contribution in [0.2, 0.25) is 0 Å². The van der Waals surface area contributed by atoms with Gasteiger partial charge in [0.05, 0.1) is 0 Å². The molecule has 0 atom stereocenters. The third kappa shape index (κ3) is 4.05. The summed E-state index contributed by atoms with van der Waals surface area (Å²) in [6.07, 6.45) is 0. The molecule has 0 radical (unpaired) electrons. The van der Waals surface area contributed by atoms with Gasteiger partial charge in [-0.25, -0.2) is 0 Å². The second kappa shape index (κ2) is 4.92. The molecule has 0 heterocycles. The average Bonchev–Trinajstić information content (AvgIpc) is 2.12. The predicted molar refractivity (Wildman–Crippen MR) is 79.9 cm³/mol. The zero-order valence-corrected chi connectivity index (χ0v) is 14.3. The number of Topliss-reactive ketones (excluding diaryl/α,β-unsaturated/α-hetero) is 1. The second-order valence-electron chi connectivity index (χ2n) is 8.53. The normalized spacial score (nSPS) is 14.2. The number of nitrogens with one attached hydrogen (secondary N) is 1. The van der Waals surface area contributed by atoms with Crippen LogP contribution >= 0.6 is 0 Å². The standard InChI is InChI=1S/C16H31NO2/c1-13(2,3)11(18)15(7,8)16(9,10)17-12(19)14(4,5)6/h1-10H3,(H,17,19). The fourth-order valence-corrected chi connectivity index (χ4v) is 1.85. The van der Waals surface area contributed by atoms with E-state index in [1.54, 1.807) is 0 Å². The van der Waals surface area contributed by atoms with Crippen LogP contribution in [0.3, 0.4) is 0 Å². The van der Waals surface area contributed by atoms with E-state index in [4.69, 9.17) is 0 Å². The molecule has 0 rings (SSSR count). The van der Waals surface area contributed by atoms with Gasteiger partial charge < -0.3 is 5.32 Å². The highest BCUT2D eigenvalue weighted by molar-refractivity contribution is 5.91. The van der Waals surface area contributed by atoms with Crippen molar-refractivity contribution in [3.63, 3.8) is 0 Å². The summed E-state index contributed by atoms with van der Waals surface area (Å²) in [6, 6.07) is 0. The minimum absolute atomic E-state index is 0.0349. The Morgan fingerprint density at radius 2 is 1.05 bits per heavy atom. The highest BCUT2D eigenvalue weighted by Gasteiger charge is 2.48. The van der Waals surface area contributed by atoms with Crippen LogP contribution in [0, 0.1) is 16.2 Å². The van der Waals surface area contributed by atoms with Crippen molar-refractivity contribution in [3.05, 3.63) is 0 Å². The van der Waals surface area contributed by atoms with Crippen molar-refractivity contribution in [3.8, 4) is 0 Å². The number of amides is 1. The molecule has 0 aliphatic rings. The molecule has 0 spiro atoms. The van der Waals surface area contributed by atoms with Crippen molar-refractivity contribution in [1.29, 1.82) is 0 Å². The molecule has 3 nitrogen and oxygen atoms in total. The van der Waals surface area contributed by atoms with E-state index in [-0.39, 0.29) is 11.7 Å². The number of ketones is 1. The average molecular weight is 269 g/mol. The zero-order chi connectivity index (χ0) is 15.9. The van der Waals surface area contributed by atoms with Crippen LogP contribution in [-0.4, -0.2) is 17.2 Å². The monoisotopic (exact) mass is 269 g/mol. The molecule has 1 N–H and O–H groups in total. The Morgan fingerprint density at radius 1 is 0.684 bits per heavy atom. The van der Waals surface area contributed by atoms with E-state index in [0.29, 0.717) is 0 Å². The molecule has 112 valence electrons. The molecule has 0 fully saturated rings. The third-order valence-corrected chi connectivity index (χ3v) is 3.92. The van der Waals surface area contributed by atoms with Crippen LogP contribution in [0.25, 0.3) is 0 Å². The maximum absolute atomic E-state index is 12.6. The van der Waals surface area contributed by atoms with Gasteiger partial charge in [0.25, 0.3) is 0 Å². The molecule has 3 heteroatoms. The van der Waals surface area contributed by atoms with Gasteiger partial charge in [-0.05, 0) is 13.8 Å². The van der Waals surface area contributed by atoms with E-state index in [1.165, 1.54) is 0 Å². The first-order valence-electron chi connectivity index (χ1n) is 6.91. The topological polar surface area (TPSA) is 46.2 Å². The highest BCUT2D eigenvalue weighted by atomic mass is 16.2. The van der Waals surface area contributed by atoms with Crippen LogP contribution in [-0.2, 0) is 9.59 Å². The molecule has 19 heavy (non-hydrogen) atoms. The molecule has 0 saturated heterocycles. The first-order valence-corrected chi connectivity index (χ1v) is 6.91. The van der Waals surface area contributed by atoms with Crippen molar-refractivity contribution >= 4 is 11.7 Å². The number of carbonyl (C=O) groups excluding carboxylic acids is 2. The van der Waals surface area contributed by atoms with Crippen LogP contribution in [0.4, 0.5) is 0 Å². The molecular weight excluding hydrogens is 238 g/mol. The summed E-state index contributed by atoms with van der Waals surface area (Å²) < 4.78 is 0. The van der Waals surface area contributed by atoms with Gasteiger partial charge in [0.1, 0.15) is 5.78 Å². The summed E-state index contributed by atoms with van der Waals surface area (Å²) in [5.74, 6) is 0.117. The lowest BCUT2D eigenvalue weighted by Crippen LogP contribution is -2.60. The van der Waals surface area contributed by atoms with E-state index < -0.39 is 21.8 Å². The Morgan fingerprint density at radius 3 is 1.32 bits per heavy atom. The van der Waals surface area contributed by atoms with Gasteiger partial charge in [-0.15, -0.1) is 0 Å². The van der Waals surface area contributed by atoms with Crippen LogP contribution in [0.1, 0.15) is 69.2 Å². The number of carbonyl (C=O) groups is 2. The summed E-state index contributed by atoms with van der Waals surface area (Å²) in [6.45, 7) is 19.0. The summed E-state index contributed by atoms with van der Waals surface area (Å²) in [4.78, 5) is 24.8. The number of hydrogen-bond acceptors (Lipinski definition) is 2. The molecule has 0 unspecified atom stereocenters. The smallest absolute Gasteiger partial charge is 0.225 e. The Labute approximate surface area is 118 Å². The van der Waals surface area contributed by atoms with Gasteiger partial charge in [0.15, 0.2) is 0 Å². The molecule has 0 bridgehead atoms. The molecule has 1 amide bonds. The van der Waals surface area contributed by atoms with Crippen LogP contribution in [0.15, 0.2) is 0 Å². The van der Waals surface area contributed by atoms with Gasteiger partial charge >= 0.3 is 0 Å². The molecule has 0 aromatic carbocycles. The SMILES string of the molecule is CC(C)(C)C(=O)NC(C)(C)C(C)(C)C(=O)C(C)(C)C. The van der Waals surface area contributed by atoms with Gasteiger partial charge in [0, 0.05) is 21.8 Å². The van der Waals surface area contributed by atoms with Gasteiger partial charge in [-0.3, -0.25) is 9.59 Å². The first-order chi connectivity index (χ1) is 8.03. The van der Waals surface area contributed by atoms with Crippen molar-refractivity contribution in [1.82, 2.24) is 5.32 Å². The fraction of sp³-hybridized carbons (Fsp3) is 0.875. The molecular formula is C16H31NO2. The number of hydrogen-bond donors (Lipinski definition) is 1. The lowest BCUT2D eigenvalue weighted by molar-refractivity contribution is -0.141. The zero-order valence-electron chi connectivity index (χ0n) is 14.3. The van der Waals surface area contributed by atoms with E-state index in [1.807, 2.05) is 69.2 Å². The molecule has 0 aromatic rings. The lowest BCUT2D eigenvalue weighted by Gasteiger charge is -2.45. The largest absolute Gasteiger partial charge is 0.350 e. The fourth-order valence-electron chi connectivity index (χ4n) is 1.85. The Balaban J connectivity index is 5.31. The maximum atomic E-state index is 12.6. The first kappa shape index (κ1) is 18.1. The molecule has 0 saturated carbocycles. The highest BCUT2D eigenvalue weighted by Crippen LogP contribution is 2.38. The third-order valence-electron chi connectivity index (χ3n) is 3.92. The van der Waals surface area contributed by atoms with Crippen LogP contribution in [0.5, 0.6) is 0 Å². The van der Waals surface area contributed by atoms with Crippen molar-refractivity contribution in [2.45, 2.75) is 74.8 Å². The minimum Gasteiger partial charge on any atom is -0.350 e. The number of rotatable bonds is 3. The van der Waals surface area contributed by atoms with E-state index in [9.17, 15) is 9.59 Å². The summed E-state index contributed by atoms with van der Waals surface area (Å²) >= 11 is 0. The van der Waals surface area contributed by atoms with Gasteiger partial charge in [0.2, 0.25) is 5.91 Å². The Bertz CT molecular complexity index is 365. The summed E-state index contributed by atoms with van der Waals surface area (Å²) in [5, 5.41) is 3.03. The van der Waals surface area contributed by atoms with E-state index in [0.717, 1.165) is 0 Å². The maximum Gasteiger partial charge on any atom is 0.225 e. The lowest BCUT2D eigenvalue weighted by atomic mass is 9.64. The molecule has 0 aliphatic heterocycles. The van der Waals surface area contributed by atoms with Gasteiger partial charge in [-0.1, -0.05) is 55.4 Å². The van der Waals surface area contributed by atoms with E-state index in [2.05, 4.69) is 5.32 Å². The quantitative estimate of drug-likeness (QED) is 0.851. The van der Waals surface area contributed by atoms with E-state index >= 15 is 0 Å². The summed E-state index contributed by atoms with van der Waals surface area (Å²) in [7, 11) is 0. The van der Waals surface area contributed by atoms with Crippen molar-refractivity contribution in [2.75, 3.05) is 0 Å². The van der Waals surface area contributed by atoms with Crippen molar-refractivity contribution in [2.24, 2.45) is 16.2 Å². The summed E-state index contributed by atoms with van der Waals surface area (Å²) in [5.41, 5.74) is -2.11. The molecule has 0 aromatic heterocycles. The van der Waals surface area contributed by atoms with Gasteiger partial charge in [-0.2, -0.15) is 0 Å². The minimum atomic E-state index is -0.633. The molecule has 0 aliphatic carbocycles. The second-order valence-corrected chi connectivity index (χ2v) is 8.53. The predicted octanol–water partition coefficient (Wildman–Crippen LogP) is 3.57.